The molecule has 21 heavy (non-hydrogen) atoms. The standard InChI is InChI=1S/C16H19F2NO2/c1-3-20-10-13-6-7-14(11-21-4-2)19(13)16-8-5-12(17)9-15(16)18/h5-9H,3-4,10-11H2,1-2H3. The molecule has 0 unspecified atom stereocenters. The van der Waals surface area contributed by atoms with Crippen LogP contribution in [-0.2, 0) is 22.7 Å². The molecule has 0 amide bonds. The van der Waals surface area contributed by atoms with Crippen molar-refractivity contribution < 1.29 is 18.3 Å². The fourth-order valence-corrected chi connectivity index (χ4v) is 2.14. The minimum atomic E-state index is -0.610. The zero-order chi connectivity index (χ0) is 15.2. The van der Waals surface area contributed by atoms with Gasteiger partial charge in [0.1, 0.15) is 11.6 Å². The fourth-order valence-electron chi connectivity index (χ4n) is 2.14. The molecule has 1 heterocycles. The van der Waals surface area contributed by atoms with Gasteiger partial charge in [-0.1, -0.05) is 0 Å². The summed E-state index contributed by atoms with van der Waals surface area (Å²) < 4.78 is 39.7. The Balaban J connectivity index is 2.43. The summed E-state index contributed by atoms with van der Waals surface area (Å²) in [6, 6.07) is 7.28. The summed E-state index contributed by atoms with van der Waals surface area (Å²) >= 11 is 0. The summed E-state index contributed by atoms with van der Waals surface area (Å²) in [6.45, 7) is 5.65. The first kappa shape index (κ1) is 15.7. The number of nitrogens with zero attached hydrogens (tertiary/aromatic N) is 1. The van der Waals surface area contributed by atoms with Crippen molar-refractivity contribution >= 4 is 0 Å². The molecule has 0 N–H and O–H groups in total. The molecule has 3 nitrogen and oxygen atoms in total. The van der Waals surface area contributed by atoms with Gasteiger partial charge in [-0.2, -0.15) is 0 Å². The Bertz CT molecular complexity index is 570. The van der Waals surface area contributed by atoms with E-state index in [0.717, 1.165) is 17.5 Å². The van der Waals surface area contributed by atoms with Gasteiger partial charge in [0.2, 0.25) is 0 Å². The minimum Gasteiger partial charge on any atom is -0.376 e. The molecule has 0 aliphatic rings. The Morgan fingerprint density at radius 3 is 1.95 bits per heavy atom. The maximum atomic E-state index is 14.1. The average Bonchev–Trinajstić information content (AvgIpc) is 2.85. The summed E-state index contributed by atoms with van der Waals surface area (Å²) in [4.78, 5) is 0. The first-order valence-corrected chi connectivity index (χ1v) is 6.97. The van der Waals surface area contributed by atoms with E-state index in [0.29, 0.717) is 32.1 Å². The second-order valence-electron chi connectivity index (χ2n) is 4.52. The molecule has 0 bridgehead atoms. The number of benzene rings is 1. The van der Waals surface area contributed by atoms with Crippen LogP contribution in [0.2, 0.25) is 0 Å². The normalized spacial score (nSPS) is 11.0. The van der Waals surface area contributed by atoms with Crippen LogP contribution < -0.4 is 0 Å². The predicted molar refractivity (Wildman–Crippen MR) is 76.3 cm³/mol. The smallest absolute Gasteiger partial charge is 0.150 e. The molecule has 0 aliphatic heterocycles. The molecule has 0 spiro atoms. The number of rotatable bonds is 7. The molecule has 0 fully saturated rings. The van der Waals surface area contributed by atoms with Crippen molar-refractivity contribution in [2.24, 2.45) is 0 Å². The van der Waals surface area contributed by atoms with E-state index in [4.69, 9.17) is 9.47 Å². The lowest BCUT2D eigenvalue weighted by Gasteiger charge is -2.14. The lowest BCUT2D eigenvalue weighted by Crippen LogP contribution is -2.09. The van der Waals surface area contributed by atoms with Gasteiger partial charge in [0, 0.05) is 30.7 Å². The second kappa shape index (κ2) is 7.33. The van der Waals surface area contributed by atoms with Gasteiger partial charge in [0.15, 0.2) is 0 Å². The van der Waals surface area contributed by atoms with Crippen LogP contribution in [0, 0.1) is 11.6 Å². The minimum absolute atomic E-state index is 0.297. The van der Waals surface area contributed by atoms with Gasteiger partial charge < -0.3 is 14.0 Å². The topological polar surface area (TPSA) is 23.4 Å². The summed E-state index contributed by atoms with van der Waals surface area (Å²) in [7, 11) is 0. The maximum Gasteiger partial charge on any atom is 0.150 e. The molecule has 0 saturated heterocycles. The second-order valence-corrected chi connectivity index (χ2v) is 4.52. The first-order chi connectivity index (χ1) is 10.2. The number of hydrogen-bond acceptors (Lipinski definition) is 2. The highest BCUT2D eigenvalue weighted by atomic mass is 19.1. The summed E-state index contributed by atoms with van der Waals surface area (Å²) in [5.41, 5.74) is 1.90. The predicted octanol–water partition coefficient (Wildman–Crippen LogP) is 3.83. The summed E-state index contributed by atoms with van der Waals surface area (Å²) in [5, 5.41) is 0. The van der Waals surface area contributed by atoms with Gasteiger partial charge in [-0.05, 0) is 38.1 Å². The highest BCUT2D eigenvalue weighted by Gasteiger charge is 2.14. The summed E-state index contributed by atoms with van der Waals surface area (Å²) in [6.07, 6.45) is 0. The molecule has 114 valence electrons. The third kappa shape index (κ3) is 3.68. The maximum absolute atomic E-state index is 14.1. The number of ether oxygens (including phenoxy) is 2. The van der Waals surface area contributed by atoms with Crippen LogP contribution >= 0.6 is 0 Å². The fraction of sp³-hybridized carbons (Fsp3) is 0.375. The number of halogens is 2. The number of aromatic nitrogens is 1. The van der Waals surface area contributed by atoms with Crippen LogP contribution in [0.3, 0.4) is 0 Å². The van der Waals surface area contributed by atoms with Crippen LogP contribution in [0.1, 0.15) is 25.2 Å². The molecular weight excluding hydrogens is 276 g/mol. The van der Waals surface area contributed by atoms with Crippen LogP contribution in [0.4, 0.5) is 8.78 Å². The first-order valence-electron chi connectivity index (χ1n) is 6.97. The highest BCUT2D eigenvalue weighted by molar-refractivity contribution is 5.39. The Labute approximate surface area is 123 Å². The third-order valence-corrected chi connectivity index (χ3v) is 3.10. The van der Waals surface area contributed by atoms with Gasteiger partial charge >= 0.3 is 0 Å². The van der Waals surface area contributed by atoms with Crippen LogP contribution in [0.15, 0.2) is 30.3 Å². The third-order valence-electron chi connectivity index (χ3n) is 3.10. The molecule has 2 rings (SSSR count). The lowest BCUT2D eigenvalue weighted by molar-refractivity contribution is 0.123. The molecule has 2 aromatic rings. The Morgan fingerprint density at radius 1 is 0.905 bits per heavy atom. The van der Waals surface area contributed by atoms with E-state index >= 15 is 0 Å². The largest absolute Gasteiger partial charge is 0.376 e. The SMILES string of the molecule is CCOCc1ccc(COCC)n1-c1ccc(F)cc1F. The molecule has 0 aliphatic carbocycles. The summed E-state index contributed by atoms with van der Waals surface area (Å²) in [5.74, 6) is -1.21. The van der Waals surface area contributed by atoms with E-state index in [9.17, 15) is 8.78 Å². The average molecular weight is 295 g/mol. The quantitative estimate of drug-likeness (QED) is 0.775. The Hall–Kier alpha value is -1.72. The zero-order valence-electron chi connectivity index (χ0n) is 12.2. The van der Waals surface area contributed by atoms with Crippen molar-refractivity contribution in [2.75, 3.05) is 13.2 Å². The van der Waals surface area contributed by atoms with Gasteiger partial charge in [-0.15, -0.1) is 0 Å². The lowest BCUT2D eigenvalue weighted by atomic mass is 10.2. The van der Waals surface area contributed by atoms with E-state index in [1.807, 2.05) is 26.0 Å². The van der Waals surface area contributed by atoms with Gasteiger partial charge in [0.05, 0.1) is 18.9 Å². The molecule has 1 aromatic carbocycles. The van der Waals surface area contributed by atoms with Crippen molar-refractivity contribution in [3.05, 3.63) is 53.4 Å². The molecular formula is C16H19F2NO2. The van der Waals surface area contributed by atoms with Crippen molar-refractivity contribution in [3.63, 3.8) is 0 Å². The molecule has 0 saturated carbocycles. The van der Waals surface area contributed by atoms with E-state index < -0.39 is 11.6 Å². The van der Waals surface area contributed by atoms with Crippen molar-refractivity contribution in [1.29, 1.82) is 0 Å². The highest BCUT2D eigenvalue weighted by Crippen LogP contribution is 2.22. The van der Waals surface area contributed by atoms with Gasteiger partial charge in [0.25, 0.3) is 0 Å². The van der Waals surface area contributed by atoms with Crippen LogP contribution in [0.25, 0.3) is 5.69 Å². The van der Waals surface area contributed by atoms with Crippen molar-refractivity contribution in [3.8, 4) is 5.69 Å². The van der Waals surface area contributed by atoms with Crippen molar-refractivity contribution in [1.82, 2.24) is 4.57 Å². The van der Waals surface area contributed by atoms with E-state index in [1.165, 1.54) is 12.1 Å². The van der Waals surface area contributed by atoms with E-state index in [2.05, 4.69) is 0 Å². The Kier molecular flexibility index (Phi) is 5.47. The monoisotopic (exact) mass is 295 g/mol. The molecule has 0 atom stereocenters. The molecule has 0 radical (unpaired) electrons. The van der Waals surface area contributed by atoms with E-state index in [-0.39, 0.29) is 0 Å². The van der Waals surface area contributed by atoms with Crippen LogP contribution in [-0.4, -0.2) is 17.8 Å². The van der Waals surface area contributed by atoms with Crippen LogP contribution in [0.5, 0.6) is 0 Å². The number of hydrogen-bond donors (Lipinski definition) is 0. The zero-order valence-corrected chi connectivity index (χ0v) is 12.2. The Morgan fingerprint density at radius 2 is 1.48 bits per heavy atom. The molecule has 5 heteroatoms. The van der Waals surface area contributed by atoms with E-state index in [1.54, 1.807) is 4.57 Å². The molecule has 1 aromatic heterocycles. The van der Waals surface area contributed by atoms with Gasteiger partial charge in [-0.25, -0.2) is 8.78 Å². The van der Waals surface area contributed by atoms with Crippen molar-refractivity contribution in [2.45, 2.75) is 27.1 Å². The van der Waals surface area contributed by atoms with Gasteiger partial charge in [-0.3, -0.25) is 0 Å².